The lowest BCUT2D eigenvalue weighted by Crippen LogP contribution is -2.10. The molecule has 7 heteroatoms. The van der Waals surface area contributed by atoms with Gasteiger partial charge in [-0.2, -0.15) is 0 Å². The Morgan fingerprint density at radius 2 is 1.57 bits per heavy atom. The molecule has 0 unspecified atom stereocenters. The molecule has 4 N–H and O–H groups in total. The van der Waals surface area contributed by atoms with Gasteiger partial charge in [0.15, 0.2) is 11.5 Å². The number of anilines is 1. The third kappa shape index (κ3) is 3.55. The normalized spacial score (nSPS) is 10.4. The van der Waals surface area contributed by atoms with Crippen LogP contribution in [-0.4, -0.2) is 32.2 Å². The van der Waals surface area contributed by atoms with Crippen LogP contribution in [-0.2, 0) is 0 Å². The molecule has 3 rings (SSSR count). The van der Waals surface area contributed by atoms with Crippen molar-refractivity contribution in [3.8, 4) is 39.5 Å². The summed E-state index contributed by atoms with van der Waals surface area (Å²) in [4.78, 5) is 15.8. The molecule has 0 aliphatic carbocycles. The number of hydrogen-bond donors (Lipinski definition) is 2. The second-order valence-electron chi connectivity index (χ2n) is 6.02. The van der Waals surface area contributed by atoms with Gasteiger partial charge in [0.25, 0.3) is 0 Å². The van der Waals surface area contributed by atoms with Gasteiger partial charge >= 0.3 is 0 Å². The van der Waals surface area contributed by atoms with Crippen LogP contribution in [0.5, 0.6) is 17.2 Å². The van der Waals surface area contributed by atoms with E-state index in [0.29, 0.717) is 34.2 Å². The summed E-state index contributed by atoms with van der Waals surface area (Å²) in [5.41, 5.74) is 15.0. The Morgan fingerprint density at radius 1 is 0.893 bits per heavy atom. The summed E-state index contributed by atoms with van der Waals surface area (Å²) in [5, 5.41) is 0. The first-order chi connectivity index (χ1) is 13.5. The van der Waals surface area contributed by atoms with Crippen molar-refractivity contribution in [2.24, 2.45) is 5.73 Å². The number of ether oxygens (including phenoxy) is 3. The molecular weight excluding hydrogens is 358 g/mol. The van der Waals surface area contributed by atoms with Crippen LogP contribution in [0.25, 0.3) is 22.3 Å². The Labute approximate surface area is 162 Å². The average molecular weight is 379 g/mol. The molecule has 0 saturated carbocycles. The zero-order valence-corrected chi connectivity index (χ0v) is 15.9. The lowest BCUT2D eigenvalue weighted by Gasteiger charge is -2.15. The summed E-state index contributed by atoms with van der Waals surface area (Å²) in [5.74, 6) is 1.37. The molecule has 3 aromatic rings. The minimum Gasteiger partial charge on any atom is -0.493 e. The molecule has 144 valence electrons. The maximum Gasteiger partial charge on any atom is 0.248 e. The summed E-state index contributed by atoms with van der Waals surface area (Å²) in [6.45, 7) is 0. The Bertz CT molecular complexity index is 1010. The molecule has 2 aromatic carbocycles. The lowest BCUT2D eigenvalue weighted by atomic mass is 9.99. The molecule has 1 heterocycles. The van der Waals surface area contributed by atoms with E-state index in [0.717, 1.165) is 16.7 Å². The van der Waals surface area contributed by atoms with E-state index in [1.807, 2.05) is 12.1 Å². The van der Waals surface area contributed by atoms with E-state index in [2.05, 4.69) is 4.98 Å². The summed E-state index contributed by atoms with van der Waals surface area (Å²) in [6, 6.07) is 12.5. The van der Waals surface area contributed by atoms with Crippen LogP contribution in [0.2, 0.25) is 0 Å². The number of hydrogen-bond acceptors (Lipinski definition) is 6. The van der Waals surface area contributed by atoms with E-state index in [9.17, 15) is 4.79 Å². The summed E-state index contributed by atoms with van der Waals surface area (Å²) < 4.78 is 16.2. The van der Waals surface area contributed by atoms with E-state index >= 15 is 0 Å². The molecule has 0 fully saturated rings. The minimum absolute atomic E-state index is 0.351. The first-order valence-corrected chi connectivity index (χ1v) is 8.44. The maximum atomic E-state index is 11.5. The summed E-state index contributed by atoms with van der Waals surface area (Å²) in [6.07, 6.45) is 1.65. The van der Waals surface area contributed by atoms with Crippen molar-refractivity contribution in [3.63, 3.8) is 0 Å². The predicted molar refractivity (Wildman–Crippen MR) is 108 cm³/mol. The third-order valence-electron chi connectivity index (χ3n) is 4.37. The quantitative estimate of drug-likeness (QED) is 0.681. The van der Waals surface area contributed by atoms with Crippen LogP contribution in [0.4, 0.5) is 5.82 Å². The van der Waals surface area contributed by atoms with Crippen molar-refractivity contribution in [1.29, 1.82) is 0 Å². The van der Waals surface area contributed by atoms with Gasteiger partial charge in [0, 0.05) is 22.9 Å². The zero-order valence-electron chi connectivity index (χ0n) is 15.9. The lowest BCUT2D eigenvalue weighted by molar-refractivity contribution is 0.100. The Kier molecular flexibility index (Phi) is 5.35. The van der Waals surface area contributed by atoms with Gasteiger partial charge in [-0.3, -0.25) is 4.79 Å². The number of benzene rings is 2. The number of carbonyl (C=O) groups excluding carboxylic acids is 1. The number of rotatable bonds is 6. The van der Waals surface area contributed by atoms with E-state index in [-0.39, 0.29) is 0 Å². The number of primary amides is 1. The molecule has 28 heavy (non-hydrogen) atoms. The fraction of sp³-hybridized carbons (Fsp3) is 0.143. The van der Waals surface area contributed by atoms with Gasteiger partial charge in [-0.05, 0) is 41.5 Å². The number of amides is 1. The highest BCUT2D eigenvalue weighted by Crippen LogP contribution is 2.42. The number of aromatic nitrogens is 1. The molecule has 7 nitrogen and oxygen atoms in total. The van der Waals surface area contributed by atoms with Crippen molar-refractivity contribution >= 4 is 11.7 Å². The number of nitrogen functional groups attached to an aromatic ring is 1. The van der Waals surface area contributed by atoms with Crippen LogP contribution in [0.3, 0.4) is 0 Å². The highest BCUT2D eigenvalue weighted by atomic mass is 16.5. The number of methoxy groups -OCH3 is 3. The topological polar surface area (TPSA) is 110 Å². The van der Waals surface area contributed by atoms with Crippen LogP contribution >= 0.6 is 0 Å². The second-order valence-corrected chi connectivity index (χ2v) is 6.02. The van der Waals surface area contributed by atoms with Crippen molar-refractivity contribution in [2.45, 2.75) is 0 Å². The van der Waals surface area contributed by atoms with Crippen molar-refractivity contribution in [1.82, 2.24) is 4.98 Å². The van der Waals surface area contributed by atoms with Crippen LogP contribution in [0, 0.1) is 0 Å². The van der Waals surface area contributed by atoms with Gasteiger partial charge in [0.05, 0.1) is 21.3 Å². The molecule has 0 atom stereocenters. The van der Waals surface area contributed by atoms with Crippen LogP contribution < -0.4 is 25.7 Å². The number of nitrogens with two attached hydrogens (primary N) is 2. The molecular formula is C21H21N3O4. The highest BCUT2D eigenvalue weighted by molar-refractivity contribution is 5.94. The van der Waals surface area contributed by atoms with Crippen molar-refractivity contribution in [3.05, 3.63) is 54.2 Å². The van der Waals surface area contributed by atoms with E-state index in [1.54, 1.807) is 57.9 Å². The first kappa shape index (κ1) is 19.0. The van der Waals surface area contributed by atoms with Gasteiger partial charge < -0.3 is 25.7 Å². The third-order valence-corrected chi connectivity index (χ3v) is 4.37. The standard InChI is InChI=1S/C21H21N3O4/c1-26-17-9-14(10-18(27-2)19(17)28-3)16-8-15(11-24-20(16)22)12-5-4-6-13(7-12)21(23)25/h4-11H,1-3H3,(H2,22,24)(H2,23,25). The SMILES string of the molecule is COc1cc(-c2cc(-c3cccc(C(N)=O)c3)cnc2N)cc(OC)c1OC. The number of nitrogens with zero attached hydrogens (tertiary/aromatic N) is 1. The average Bonchev–Trinajstić information content (AvgIpc) is 2.73. The first-order valence-electron chi connectivity index (χ1n) is 8.44. The fourth-order valence-corrected chi connectivity index (χ4v) is 2.95. The Hall–Kier alpha value is -3.74. The fourth-order valence-electron chi connectivity index (χ4n) is 2.95. The Morgan fingerprint density at radius 3 is 2.14 bits per heavy atom. The van der Waals surface area contributed by atoms with Crippen molar-refractivity contribution in [2.75, 3.05) is 27.1 Å². The molecule has 0 spiro atoms. The Balaban J connectivity index is 2.15. The summed E-state index contributed by atoms with van der Waals surface area (Å²) >= 11 is 0. The molecule has 0 bridgehead atoms. The minimum atomic E-state index is -0.491. The number of carbonyl (C=O) groups is 1. The van der Waals surface area contributed by atoms with Crippen LogP contribution in [0.15, 0.2) is 48.7 Å². The van der Waals surface area contributed by atoms with E-state index < -0.39 is 5.91 Å². The smallest absolute Gasteiger partial charge is 0.248 e. The molecule has 0 aliphatic rings. The monoisotopic (exact) mass is 379 g/mol. The second kappa shape index (κ2) is 7.87. The van der Waals surface area contributed by atoms with Crippen molar-refractivity contribution < 1.29 is 19.0 Å². The van der Waals surface area contributed by atoms with Gasteiger partial charge in [0.1, 0.15) is 5.82 Å². The zero-order chi connectivity index (χ0) is 20.3. The summed E-state index contributed by atoms with van der Waals surface area (Å²) in [7, 11) is 4.64. The molecule has 1 aromatic heterocycles. The van der Waals surface area contributed by atoms with E-state index in [1.165, 1.54) is 0 Å². The van der Waals surface area contributed by atoms with E-state index in [4.69, 9.17) is 25.7 Å². The van der Waals surface area contributed by atoms with Gasteiger partial charge in [-0.15, -0.1) is 0 Å². The molecule has 0 saturated heterocycles. The van der Waals surface area contributed by atoms with Gasteiger partial charge in [-0.25, -0.2) is 4.98 Å². The largest absolute Gasteiger partial charge is 0.493 e. The molecule has 0 radical (unpaired) electrons. The maximum absolute atomic E-state index is 11.5. The van der Waals surface area contributed by atoms with Gasteiger partial charge in [-0.1, -0.05) is 12.1 Å². The highest BCUT2D eigenvalue weighted by Gasteiger charge is 2.16. The van der Waals surface area contributed by atoms with Crippen LogP contribution in [0.1, 0.15) is 10.4 Å². The predicted octanol–water partition coefficient (Wildman–Crippen LogP) is 3.12. The number of pyridine rings is 1. The van der Waals surface area contributed by atoms with Gasteiger partial charge in [0.2, 0.25) is 11.7 Å². The molecule has 1 amide bonds. The molecule has 0 aliphatic heterocycles.